The van der Waals surface area contributed by atoms with Gasteiger partial charge in [0.05, 0.1) is 34.7 Å². The summed E-state index contributed by atoms with van der Waals surface area (Å²) in [7, 11) is 0. The van der Waals surface area contributed by atoms with Gasteiger partial charge in [-0.05, 0) is 48.9 Å². The van der Waals surface area contributed by atoms with E-state index < -0.39 is 0 Å². The molecule has 0 saturated carbocycles. The number of thiophene rings is 1. The minimum absolute atomic E-state index is 0.0703. The Balaban J connectivity index is 1.43. The summed E-state index contributed by atoms with van der Waals surface area (Å²) in [6.07, 6.45) is 3.14. The largest absolute Gasteiger partial charge is 0.464 e. The van der Waals surface area contributed by atoms with Crippen LogP contribution in [0.15, 0.2) is 81.5 Å². The molecular weight excluding hydrogens is 500 g/mol. The number of carbonyl (C=O) groups excluding carboxylic acids is 2. The summed E-state index contributed by atoms with van der Waals surface area (Å²) in [6.45, 7) is 3.19. The van der Waals surface area contributed by atoms with E-state index in [9.17, 15) is 14.4 Å². The molecule has 0 aliphatic carbocycles. The van der Waals surface area contributed by atoms with Gasteiger partial charge in [0, 0.05) is 19.7 Å². The quantitative estimate of drug-likeness (QED) is 0.304. The number of amides is 2. The lowest BCUT2D eigenvalue weighted by molar-refractivity contribution is -0.133. The standard InChI is InChI=1S/C30H30N2O5S/c1-21-11-12-26-25(15-21)29(34)23(20-37-26)17-31(16-22-7-3-2-4-8-22)28(33)19-32(18-24-9-5-13-36-24)30(35)27-10-6-14-38-27/h2-4,6-8,10-12,14-15,20,24H,5,9,13,16-19H2,1H3. The van der Waals surface area contributed by atoms with Gasteiger partial charge in [-0.25, -0.2) is 0 Å². The van der Waals surface area contributed by atoms with E-state index in [-0.39, 0.29) is 36.4 Å². The molecule has 1 unspecified atom stereocenters. The van der Waals surface area contributed by atoms with Crippen molar-refractivity contribution in [3.63, 3.8) is 0 Å². The first-order chi connectivity index (χ1) is 18.5. The predicted molar refractivity (Wildman–Crippen MR) is 147 cm³/mol. The van der Waals surface area contributed by atoms with Crippen LogP contribution in [0, 0.1) is 6.92 Å². The van der Waals surface area contributed by atoms with Crippen molar-refractivity contribution in [3.8, 4) is 0 Å². The van der Waals surface area contributed by atoms with Crippen LogP contribution in [0.25, 0.3) is 11.0 Å². The Labute approximate surface area is 225 Å². The van der Waals surface area contributed by atoms with E-state index in [1.54, 1.807) is 28.0 Å². The van der Waals surface area contributed by atoms with Crippen molar-refractivity contribution in [2.45, 2.75) is 39.0 Å². The Morgan fingerprint density at radius 3 is 2.61 bits per heavy atom. The molecule has 0 N–H and O–H groups in total. The zero-order chi connectivity index (χ0) is 26.5. The maximum Gasteiger partial charge on any atom is 0.264 e. The number of benzene rings is 2. The first-order valence-electron chi connectivity index (χ1n) is 12.7. The lowest BCUT2D eigenvalue weighted by Crippen LogP contribution is -2.45. The summed E-state index contributed by atoms with van der Waals surface area (Å²) >= 11 is 1.35. The third kappa shape index (κ3) is 6.03. The van der Waals surface area contributed by atoms with Gasteiger partial charge in [0.15, 0.2) is 5.43 Å². The fraction of sp³-hybridized carbons (Fsp3) is 0.300. The van der Waals surface area contributed by atoms with Crippen LogP contribution >= 0.6 is 11.3 Å². The second-order valence-corrected chi connectivity index (χ2v) is 10.6. The van der Waals surface area contributed by atoms with Crippen molar-refractivity contribution in [2.24, 2.45) is 0 Å². The van der Waals surface area contributed by atoms with Gasteiger partial charge in [-0.15, -0.1) is 11.3 Å². The van der Waals surface area contributed by atoms with Gasteiger partial charge in [0.1, 0.15) is 12.1 Å². The molecule has 3 heterocycles. The molecule has 2 aromatic heterocycles. The van der Waals surface area contributed by atoms with E-state index in [1.165, 1.54) is 17.6 Å². The van der Waals surface area contributed by atoms with Crippen LogP contribution in [0.1, 0.15) is 39.2 Å². The molecule has 5 rings (SSSR count). The molecule has 2 aromatic carbocycles. The molecule has 0 spiro atoms. The Morgan fingerprint density at radius 1 is 1.03 bits per heavy atom. The Hall–Kier alpha value is -3.75. The van der Waals surface area contributed by atoms with Crippen molar-refractivity contribution in [1.29, 1.82) is 0 Å². The van der Waals surface area contributed by atoms with Gasteiger partial charge in [-0.2, -0.15) is 0 Å². The number of ether oxygens (including phenoxy) is 1. The van der Waals surface area contributed by atoms with Gasteiger partial charge in [0.25, 0.3) is 5.91 Å². The highest BCUT2D eigenvalue weighted by molar-refractivity contribution is 7.12. The number of hydrogen-bond donors (Lipinski definition) is 0. The lowest BCUT2D eigenvalue weighted by atomic mass is 10.1. The molecule has 1 aliphatic heterocycles. The molecule has 4 aromatic rings. The highest BCUT2D eigenvalue weighted by atomic mass is 32.1. The lowest BCUT2D eigenvalue weighted by Gasteiger charge is -2.29. The first-order valence-corrected chi connectivity index (χ1v) is 13.6. The Morgan fingerprint density at radius 2 is 1.87 bits per heavy atom. The van der Waals surface area contributed by atoms with Gasteiger partial charge in [-0.1, -0.05) is 48.0 Å². The van der Waals surface area contributed by atoms with E-state index in [4.69, 9.17) is 9.15 Å². The van der Waals surface area contributed by atoms with E-state index >= 15 is 0 Å². The fourth-order valence-corrected chi connectivity index (χ4v) is 5.40. The Kier molecular flexibility index (Phi) is 8.00. The average Bonchev–Trinajstić information content (AvgIpc) is 3.65. The van der Waals surface area contributed by atoms with E-state index in [0.29, 0.717) is 41.1 Å². The van der Waals surface area contributed by atoms with Crippen LogP contribution in [-0.4, -0.2) is 47.4 Å². The molecule has 1 fully saturated rings. The summed E-state index contributed by atoms with van der Waals surface area (Å²) < 4.78 is 11.5. The second-order valence-electron chi connectivity index (χ2n) is 9.62. The minimum Gasteiger partial charge on any atom is -0.464 e. The summed E-state index contributed by atoms with van der Waals surface area (Å²) in [5.41, 5.74) is 2.62. The number of fused-ring (bicyclic) bond motifs is 1. The minimum atomic E-state index is -0.250. The monoisotopic (exact) mass is 530 g/mol. The molecular formula is C30H30N2O5S. The highest BCUT2D eigenvalue weighted by Crippen LogP contribution is 2.19. The van der Waals surface area contributed by atoms with Gasteiger partial charge in [0.2, 0.25) is 5.91 Å². The molecule has 2 amide bonds. The highest BCUT2D eigenvalue weighted by Gasteiger charge is 2.28. The van der Waals surface area contributed by atoms with Crippen molar-refractivity contribution < 1.29 is 18.7 Å². The topological polar surface area (TPSA) is 80.1 Å². The van der Waals surface area contributed by atoms with Crippen LogP contribution in [0.2, 0.25) is 0 Å². The third-order valence-corrected chi connectivity index (χ3v) is 7.58. The number of hydrogen-bond acceptors (Lipinski definition) is 6. The number of rotatable bonds is 9. The Bertz CT molecular complexity index is 1460. The first kappa shape index (κ1) is 25.9. The van der Waals surface area contributed by atoms with Crippen LogP contribution in [-0.2, 0) is 22.6 Å². The molecule has 196 valence electrons. The van der Waals surface area contributed by atoms with Crippen molar-refractivity contribution in [2.75, 3.05) is 19.7 Å². The molecule has 38 heavy (non-hydrogen) atoms. The van der Waals surface area contributed by atoms with Crippen LogP contribution in [0.3, 0.4) is 0 Å². The zero-order valence-electron chi connectivity index (χ0n) is 21.3. The van der Waals surface area contributed by atoms with E-state index in [0.717, 1.165) is 24.0 Å². The van der Waals surface area contributed by atoms with Crippen molar-refractivity contribution in [1.82, 2.24) is 9.80 Å². The fourth-order valence-electron chi connectivity index (χ4n) is 4.71. The molecule has 1 aliphatic rings. The van der Waals surface area contributed by atoms with Crippen molar-refractivity contribution in [3.05, 3.63) is 104 Å². The number of nitrogens with zero attached hydrogens (tertiary/aromatic N) is 2. The summed E-state index contributed by atoms with van der Waals surface area (Å²) in [5, 5.41) is 2.34. The van der Waals surface area contributed by atoms with Crippen LogP contribution in [0.4, 0.5) is 0 Å². The number of carbonyl (C=O) groups is 2. The smallest absolute Gasteiger partial charge is 0.264 e. The maximum atomic E-state index is 13.8. The van der Waals surface area contributed by atoms with Crippen LogP contribution in [0.5, 0.6) is 0 Å². The predicted octanol–water partition coefficient (Wildman–Crippen LogP) is 5.01. The van der Waals surface area contributed by atoms with E-state index in [2.05, 4.69) is 0 Å². The van der Waals surface area contributed by atoms with Gasteiger partial charge >= 0.3 is 0 Å². The zero-order valence-corrected chi connectivity index (χ0v) is 22.1. The molecule has 8 heteroatoms. The molecule has 7 nitrogen and oxygen atoms in total. The summed E-state index contributed by atoms with van der Waals surface area (Å²) in [6, 6.07) is 18.7. The van der Waals surface area contributed by atoms with Gasteiger partial charge < -0.3 is 19.0 Å². The molecule has 0 radical (unpaired) electrons. The third-order valence-electron chi connectivity index (χ3n) is 6.72. The van der Waals surface area contributed by atoms with Crippen LogP contribution < -0.4 is 5.43 Å². The van der Waals surface area contributed by atoms with Gasteiger partial charge in [-0.3, -0.25) is 14.4 Å². The SMILES string of the molecule is Cc1ccc2occ(CN(Cc3ccccc3)C(=O)CN(CC3CCCO3)C(=O)c3cccs3)c(=O)c2c1. The second kappa shape index (κ2) is 11.8. The molecule has 0 bridgehead atoms. The van der Waals surface area contributed by atoms with Crippen molar-refractivity contribution >= 4 is 34.1 Å². The number of aryl methyl sites for hydroxylation is 1. The maximum absolute atomic E-state index is 13.8. The average molecular weight is 531 g/mol. The summed E-state index contributed by atoms with van der Waals surface area (Å²) in [4.78, 5) is 44.3. The van der Waals surface area contributed by atoms with E-state index in [1.807, 2.05) is 54.8 Å². The normalized spacial score (nSPS) is 15.0. The molecule has 1 atom stereocenters. The molecule has 1 saturated heterocycles. The summed E-state index contributed by atoms with van der Waals surface area (Å²) in [5.74, 6) is -0.440.